The summed E-state index contributed by atoms with van der Waals surface area (Å²) in [5.41, 5.74) is 0.714. The van der Waals surface area contributed by atoms with E-state index in [1.807, 2.05) is 0 Å². The van der Waals surface area contributed by atoms with Crippen molar-refractivity contribution in [2.75, 3.05) is 13.1 Å². The van der Waals surface area contributed by atoms with Crippen LogP contribution in [0.4, 0.5) is 13.2 Å². The molecule has 2 aliphatic heterocycles. The summed E-state index contributed by atoms with van der Waals surface area (Å²) >= 11 is 0. The van der Waals surface area contributed by atoms with E-state index in [9.17, 15) is 18.0 Å². The van der Waals surface area contributed by atoms with E-state index in [0.717, 1.165) is 17.2 Å². The van der Waals surface area contributed by atoms with Crippen molar-refractivity contribution in [2.24, 2.45) is 0 Å². The molecule has 1 saturated heterocycles. The highest BCUT2D eigenvalue weighted by molar-refractivity contribution is 6.00. The Morgan fingerprint density at radius 3 is 2.78 bits per heavy atom. The summed E-state index contributed by atoms with van der Waals surface area (Å²) in [6, 6.07) is 1.67. The van der Waals surface area contributed by atoms with Crippen LogP contribution in [0.25, 0.3) is 0 Å². The molecule has 1 amide bonds. The van der Waals surface area contributed by atoms with E-state index in [0.29, 0.717) is 18.7 Å². The van der Waals surface area contributed by atoms with Gasteiger partial charge in [-0.3, -0.25) is 15.1 Å². The van der Waals surface area contributed by atoms with E-state index in [2.05, 4.69) is 10.3 Å². The lowest BCUT2D eigenvalue weighted by atomic mass is 9.85. The minimum absolute atomic E-state index is 0.0730. The first-order chi connectivity index (χ1) is 10.9. The number of pyridine rings is 1. The van der Waals surface area contributed by atoms with Crippen LogP contribution in [0.2, 0.25) is 0 Å². The molecule has 1 aromatic rings. The highest BCUT2D eigenvalue weighted by Crippen LogP contribution is 2.47. The molecular formula is C16H14F3N3O. The first-order valence-electron chi connectivity index (χ1n) is 7.43. The Morgan fingerprint density at radius 1 is 1.26 bits per heavy atom. The van der Waals surface area contributed by atoms with E-state index < -0.39 is 17.4 Å². The molecule has 3 aliphatic rings. The number of rotatable bonds is 1. The molecule has 1 aliphatic carbocycles. The molecule has 0 aromatic carbocycles. The molecule has 0 spiro atoms. The molecule has 1 aromatic heterocycles. The van der Waals surface area contributed by atoms with Gasteiger partial charge >= 0.3 is 6.18 Å². The number of fused-ring (bicyclic) bond motifs is 3. The summed E-state index contributed by atoms with van der Waals surface area (Å²) in [5.74, 6) is -0.0982. The number of hydrogen-bond acceptors (Lipinski definition) is 3. The number of hydrogen-bond donors (Lipinski definition) is 1. The van der Waals surface area contributed by atoms with E-state index >= 15 is 0 Å². The Bertz CT molecular complexity index is 753. The lowest BCUT2D eigenvalue weighted by molar-refractivity contribution is -0.0942. The summed E-state index contributed by atoms with van der Waals surface area (Å²) in [5, 5.41) is 3.33. The molecule has 1 atom stereocenters. The van der Waals surface area contributed by atoms with Crippen molar-refractivity contribution in [3.63, 3.8) is 0 Å². The number of carbonyl (C=O) groups is 1. The zero-order chi connectivity index (χ0) is 16.2. The standard InChI is InChI=1S/C16H14F3N3O/c17-16(18,19)11-3-1-10(2-4-11)15-13-9-20-6-5-12(13)14(23)22(15)8-7-21-15/h1,3,5-6,9,21H,2,4,7-8H2. The molecule has 1 unspecified atom stereocenters. The van der Waals surface area contributed by atoms with Gasteiger partial charge in [0, 0.05) is 42.2 Å². The SMILES string of the molecule is O=C1c2ccncc2C2(C3=CC=C(C(F)(F)F)CC3)NCCN12. The van der Waals surface area contributed by atoms with Gasteiger partial charge in [0.15, 0.2) is 0 Å². The number of amides is 1. The second kappa shape index (κ2) is 4.67. The van der Waals surface area contributed by atoms with Gasteiger partial charge in [0.1, 0.15) is 5.66 Å². The number of nitrogens with one attached hydrogen (secondary N) is 1. The second-order valence-corrected chi connectivity index (χ2v) is 5.90. The van der Waals surface area contributed by atoms with Crippen LogP contribution in [0.3, 0.4) is 0 Å². The summed E-state index contributed by atoms with van der Waals surface area (Å²) in [4.78, 5) is 18.4. The number of carbonyl (C=O) groups excluding carboxylic acids is 1. The molecule has 0 saturated carbocycles. The zero-order valence-corrected chi connectivity index (χ0v) is 12.2. The Hall–Kier alpha value is -2.15. The van der Waals surface area contributed by atoms with Gasteiger partial charge in [-0.1, -0.05) is 12.2 Å². The summed E-state index contributed by atoms with van der Waals surface area (Å²) in [6.07, 6.45) is 1.72. The minimum Gasteiger partial charge on any atom is -0.311 e. The molecule has 23 heavy (non-hydrogen) atoms. The molecule has 4 rings (SSSR count). The lowest BCUT2D eigenvalue weighted by Gasteiger charge is -2.36. The first-order valence-corrected chi connectivity index (χ1v) is 7.43. The zero-order valence-electron chi connectivity index (χ0n) is 12.2. The number of aromatic nitrogens is 1. The Labute approximate surface area is 130 Å². The third kappa shape index (κ3) is 1.89. The molecule has 4 nitrogen and oxygen atoms in total. The Kier molecular flexibility index (Phi) is 2.93. The average Bonchev–Trinajstić information content (AvgIpc) is 3.07. The van der Waals surface area contributed by atoms with Gasteiger partial charge in [-0.05, 0) is 24.5 Å². The van der Waals surface area contributed by atoms with E-state index in [1.165, 1.54) is 6.08 Å². The maximum atomic E-state index is 12.8. The van der Waals surface area contributed by atoms with Crippen LogP contribution in [-0.2, 0) is 5.66 Å². The topological polar surface area (TPSA) is 45.2 Å². The summed E-state index contributed by atoms with van der Waals surface area (Å²) in [7, 11) is 0. The molecular weight excluding hydrogens is 307 g/mol. The molecule has 0 bridgehead atoms. The van der Waals surface area contributed by atoms with E-state index in [-0.39, 0.29) is 18.7 Å². The molecule has 0 radical (unpaired) electrons. The fourth-order valence-corrected chi connectivity index (χ4v) is 3.76. The lowest BCUT2D eigenvalue weighted by Crippen LogP contribution is -2.48. The molecule has 120 valence electrons. The maximum Gasteiger partial charge on any atom is 0.412 e. The van der Waals surface area contributed by atoms with Gasteiger partial charge in [-0.15, -0.1) is 0 Å². The third-order valence-corrected chi connectivity index (χ3v) is 4.79. The Morgan fingerprint density at radius 2 is 2.09 bits per heavy atom. The molecule has 1 fully saturated rings. The fourth-order valence-electron chi connectivity index (χ4n) is 3.76. The van der Waals surface area contributed by atoms with Crippen molar-refractivity contribution >= 4 is 5.91 Å². The van der Waals surface area contributed by atoms with Crippen LogP contribution >= 0.6 is 0 Å². The van der Waals surface area contributed by atoms with Crippen LogP contribution < -0.4 is 5.32 Å². The van der Waals surface area contributed by atoms with Crippen molar-refractivity contribution in [2.45, 2.75) is 24.7 Å². The Balaban J connectivity index is 1.83. The van der Waals surface area contributed by atoms with Crippen molar-refractivity contribution < 1.29 is 18.0 Å². The first kappa shape index (κ1) is 14.4. The van der Waals surface area contributed by atoms with Crippen LogP contribution in [0.1, 0.15) is 28.8 Å². The van der Waals surface area contributed by atoms with Gasteiger partial charge in [-0.2, -0.15) is 13.2 Å². The summed E-state index contributed by atoms with van der Waals surface area (Å²) < 4.78 is 38.5. The quantitative estimate of drug-likeness (QED) is 0.864. The van der Waals surface area contributed by atoms with Gasteiger partial charge in [0.05, 0.1) is 0 Å². The normalized spacial score (nSPS) is 26.7. The number of allylic oxidation sites excluding steroid dienone is 3. The average molecular weight is 321 g/mol. The van der Waals surface area contributed by atoms with Crippen molar-refractivity contribution in [1.29, 1.82) is 0 Å². The van der Waals surface area contributed by atoms with Gasteiger partial charge in [0.25, 0.3) is 5.91 Å². The molecule has 7 heteroatoms. The minimum atomic E-state index is -4.30. The predicted molar refractivity (Wildman–Crippen MR) is 76.4 cm³/mol. The second-order valence-electron chi connectivity index (χ2n) is 5.90. The summed E-state index contributed by atoms with van der Waals surface area (Å²) in [6.45, 7) is 1.13. The van der Waals surface area contributed by atoms with Crippen molar-refractivity contribution in [3.8, 4) is 0 Å². The van der Waals surface area contributed by atoms with E-state index in [4.69, 9.17) is 0 Å². The monoisotopic (exact) mass is 321 g/mol. The molecule has 1 N–H and O–H groups in total. The number of alkyl halides is 3. The van der Waals surface area contributed by atoms with Crippen LogP contribution in [0.15, 0.2) is 41.8 Å². The van der Waals surface area contributed by atoms with E-state index in [1.54, 1.807) is 23.4 Å². The van der Waals surface area contributed by atoms with Crippen LogP contribution in [0.5, 0.6) is 0 Å². The molecule has 3 heterocycles. The van der Waals surface area contributed by atoms with Gasteiger partial charge in [0.2, 0.25) is 0 Å². The van der Waals surface area contributed by atoms with Gasteiger partial charge in [-0.25, -0.2) is 0 Å². The third-order valence-electron chi connectivity index (χ3n) is 4.79. The largest absolute Gasteiger partial charge is 0.412 e. The van der Waals surface area contributed by atoms with Gasteiger partial charge < -0.3 is 4.90 Å². The van der Waals surface area contributed by atoms with Crippen molar-refractivity contribution in [1.82, 2.24) is 15.2 Å². The highest BCUT2D eigenvalue weighted by atomic mass is 19.4. The number of nitrogens with zero attached hydrogens (tertiary/aromatic N) is 2. The van der Waals surface area contributed by atoms with Crippen LogP contribution in [0, 0.1) is 0 Å². The van der Waals surface area contributed by atoms with Crippen LogP contribution in [-0.4, -0.2) is 35.1 Å². The number of halogens is 3. The van der Waals surface area contributed by atoms with Crippen molar-refractivity contribution in [3.05, 3.63) is 52.9 Å². The fraction of sp³-hybridized carbons (Fsp3) is 0.375. The predicted octanol–water partition coefficient (Wildman–Crippen LogP) is 2.50. The maximum absolute atomic E-state index is 12.8. The highest BCUT2D eigenvalue weighted by Gasteiger charge is 2.55. The smallest absolute Gasteiger partial charge is 0.311 e.